The lowest BCUT2D eigenvalue weighted by atomic mass is 9.39. The standard InChI is InChI=1S/C42H72O10S/c1-23(26-15-16-42(8)31-12-10-27-28(11-13-32(47)38(27,2)3)40(31,6)17-18-41(26,42)7)9-14-33(39(4,5)49)51-36-35(30(46)19-24(21-43)50-36)52-37-34(48)29(45)20-25(22-44)53-37/h10,23-26,28-37,43-49H,9,11-22H2,1-8H3/t23-,24+,25+,26?,28?,29+,30+,31?,32+,33-,34-,35?,36+,37-,40+,41-,42+/m1/s1. The van der Waals surface area contributed by atoms with Crippen molar-refractivity contribution in [3.05, 3.63) is 11.6 Å². The summed E-state index contributed by atoms with van der Waals surface area (Å²) in [6.07, 6.45) is 4.81. The smallest absolute Gasteiger partial charge is 0.187 e. The van der Waals surface area contributed by atoms with Crippen LogP contribution in [0.15, 0.2) is 11.6 Å². The van der Waals surface area contributed by atoms with Crippen LogP contribution in [-0.2, 0) is 14.2 Å². The predicted molar refractivity (Wildman–Crippen MR) is 205 cm³/mol. The SMILES string of the molecule is C[C@H](CC[C@@H](O[C@@H]1O[C@H](CO)C[C@H](O)C1O[C@@H]1S[C@H](CO)C[C@H](O)[C@H]1O)C(C)(C)O)C1CC[C@@]2(C)C3CC=C4C(CC[C@H](O)C4(C)C)[C@]3(C)CC[C@]12C. The number of aliphatic hydroxyl groups excluding tert-OH is 6. The summed E-state index contributed by atoms with van der Waals surface area (Å²) in [4.78, 5) is 0. The second-order valence-corrected chi connectivity index (χ2v) is 21.4. The third kappa shape index (κ3) is 7.47. The molecule has 11 heteroatoms. The first kappa shape index (κ1) is 42.3. The van der Waals surface area contributed by atoms with Crippen LogP contribution in [0.25, 0.3) is 0 Å². The van der Waals surface area contributed by atoms with Gasteiger partial charge < -0.3 is 50.0 Å². The van der Waals surface area contributed by atoms with Crippen molar-refractivity contribution in [2.24, 2.45) is 45.3 Å². The minimum atomic E-state index is -1.25. The highest BCUT2D eigenvalue weighted by Gasteiger charge is 2.67. The average Bonchev–Trinajstić information content (AvgIpc) is 3.37. The van der Waals surface area contributed by atoms with Gasteiger partial charge in [-0.3, -0.25) is 0 Å². The van der Waals surface area contributed by atoms with Crippen molar-refractivity contribution in [1.29, 1.82) is 0 Å². The maximum atomic E-state index is 11.5. The lowest BCUT2D eigenvalue weighted by Crippen LogP contribution is -2.59. The fourth-order valence-corrected chi connectivity index (χ4v) is 13.9. The Balaban J connectivity index is 1.16. The highest BCUT2D eigenvalue weighted by atomic mass is 32.2. The van der Waals surface area contributed by atoms with Crippen molar-refractivity contribution in [3.8, 4) is 0 Å². The van der Waals surface area contributed by atoms with Gasteiger partial charge in [0.05, 0.1) is 49.3 Å². The monoisotopic (exact) mass is 768 g/mol. The van der Waals surface area contributed by atoms with E-state index in [4.69, 9.17) is 14.2 Å². The van der Waals surface area contributed by atoms with Gasteiger partial charge in [-0.1, -0.05) is 53.2 Å². The highest BCUT2D eigenvalue weighted by molar-refractivity contribution is 8.00. The van der Waals surface area contributed by atoms with E-state index in [1.165, 1.54) is 43.0 Å². The molecule has 2 saturated heterocycles. The van der Waals surface area contributed by atoms with Gasteiger partial charge in [-0.25, -0.2) is 0 Å². The normalized spacial score (nSPS) is 48.2. The fraction of sp³-hybridized carbons (Fsp3) is 0.952. The second kappa shape index (κ2) is 15.5. The number of hydrogen-bond acceptors (Lipinski definition) is 11. The number of fused-ring (bicyclic) bond motifs is 5. The van der Waals surface area contributed by atoms with Crippen LogP contribution in [0.1, 0.15) is 126 Å². The van der Waals surface area contributed by atoms with Crippen molar-refractivity contribution in [1.82, 2.24) is 0 Å². The Morgan fingerprint density at radius 2 is 1.62 bits per heavy atom. The molecule has 6 aliphatic rings. The number of hydrogen-bond donors (Lipinski definition) is 7. The Morgan fingerprint density at radius 1 is 0.906 bits per heavy atom. The van der Waals surface area contributed by atoms with E-state index < -0.39 is 54.0 Å². The maximum absolute atomic E-state index is 11.5. The van der Waals surface area contributed by atoms with E-state index in [9.17, 15) is 35.7 Å². The van der Waals surface area contributed by atoms with Gasteiger partial charge >= 0.3 is 0 Å². The average molecular weight is 769 g/mol. The molecular formula is C42H72O10S. The minimum absolute atomic E-state index is 0.0986. The van der Waals surface area contributed by atoms with Crippen molar-refractivity contribution in [2.45, 2.75) is 191 Å². The first-order valence-electron chi connectivity index (χ1n) is 20.7. The maximum Gasteiger partial charge on any atom is 0.187 e. The lowest BCUT2D eigenvalue weighted by molar-refractivity contribution is -0.313. The third-order valence-electron chi connectivity index (χ3n) is 16.2. The molecule has 0 bridgehead atoms. The molecule has 0 aromatic carbocycles. The summed E-state index contributed by atoms with van der Waals surface area (Å²) in [6.45, 7) is 17.5. The molecule has 5 fully saturated rings. The largest absolute Gasteiger partial charge is 0.395 e. The Morgan fingerprint density at radius 3 is 2.28 bits per heavy atom. The second-order valence-electron chi connectivity index (χ2n) is 19.9. The van der Waals surface area contributed by atoms with Gasteiger partial charge in [0.2, 0.25) is 0 Å². The van der Waals surface area contributed by atoms with E-state index in [0.717, 1.165) is 25.7 Å². The van der Waals surface area contributed by atoms with Crippen LogP contribution in [-0.4, -0.2) is 114 Å². The Bertz CT molecular complexity index is 1300. The van der Waals surface area contributed by atoms with Gasteiger partial charge in [-0.05, 0) is 118 Å². The summed E-state index contributed by atoms with van der Waals surface area (Å²) in [5.41, 5.74) is -0.255. The molecule has 7 N–H and O–H groups in total. The van der Waals surface area contributed by atoms with Crippen molar-refractivity contribution in [2.75, 3.05) is 13.2 Å². The molecule has 2 heterocycles. The van der Waals surface area contributed by atoms with Crippen LogP contribution in [0.4, 0.5) is 0 Å². The lowest BCUT2D eigenvalue weighted by Gasteiger charge is -2.66. The number of thioether (sulfide) groups is 1. The van der Waals surface area contributed by atoms with Gasteiger partial charge in [-0.2, -0.15) is 0 Å². The summed E-state index contributed by atoms with van der Waals surface area (Å²) >= 11 is 1.20. The van der Waals surface area contributed by atoms with Crippen LogP contribution in [0, 0.1) is 45.3 Å². The van der Waals surface area contributed by atoms with Gasteiger partial charge in [0, 0.05) is 17.1 Å². The number of allylic oxidation sites excluding steroid dienone is 1. The molecule has 4 aliphatic carbocycles. The molecule has 53 heavy (non-hydrogen) atoms. The first-order valence-corrected chi connectivity index (χ1v) is 21.6. The zero-order chi connectivity index (χ0) is 38.9. The van der Waals surface area contributed by atoms with Crippen molar-refractivity contribution in [3.63, 3.8) is 0 Å². The molecule has 0 amide bonds. The summed E-state index contributed by atoms with van der Waals surface area (Å²) in [5, 5.41) is 74.2. The van der Waals surface area contributed by atoms with Crippen LogP contribution >= 0.6 is 11.8 Å². The number of aliphatic hydroxyl groups is 7. The van der Waals surface area contributed by atoms with Crippen LogP contribution in [0.5, 0.6) is 0 Å². The minimum Gasteiger partial charge on any atom is -0.395 e. The van der Waals surface area contributed by atoms with Gasteiger partial charge in [0.15, 0.2) is 6.29 Å². The highest BCUT2D eigenvalue weighted by Crippen LogP contribution is 2.75. The van der Waals surface area contributed by atoms with E-state index in [2.05, 4.69) is 47.6 Å². The van der Waals surface area contributed by atoms with Crippen molar-refractivity contribution >= 4 is 11.8 Å². The zero-order valence-corrected chi connectivity index (χ0v) is 34.4. The van der Waals surface area contributed by atoms with Crippen LogP contribution in [0.2, 0.25) is 0 Å². The molecule has 0 aromatic rings. The Labute approximate surface area is 322 Å². The van der Waals surface area contributed by atoms with Crippen LogP contribution < -0.4 is 0 Å². The predicted octanol–water partition coefficient (Wildman–Crippen LogP) is 4.92. The Hall–Kier alpha value is -0.310. The summed E-state index contributed by atoms with van der Waals surface area (Å²) in [5.74, 6) is 2.02. The van der Waals surface area contributed by atoms with E-state index in [1.807, 2.05) is 0 Å². The molecule has 3 saturated carbocycles. The van der Waals surface area contributed by atoms with E-state index in [0.29, 0.717) is 30.1 Å². The molecule has 6 rings (SSSR count). The van der Waals surface area contributed by atoms with E-state index >= 15 is 0 Å². The first-order chi connectivity index (χ1) is 24.7. The molecule has 4 unspecified atom stereocenters. The van der Waals surface area contributed by atoms with E-state index in [-0.39, 0.29) is 59.1 Å². The van der Waals surface area contributed by atoms with Gasteiger partial charge in [0.1, 0.15) is 17.6 Å². The molecule has 2 aliphatic heterocycles. The molecule has 0 aromatic heterocycles. The zero-order valence-electron chi connectivity index (χ0n) is 33.6. The van der Waals surface area contributed by atoms with Crippen molar-refractivity contribution < 1.29 is 50.0 Å². The summed E-state index contributed by atoms with van der Waals surface area (Å²) in [7, 11) is 0. The third-order valence-corrected chi connectivity index (χ3v) is 17.6. The molecule has 0 spiro atoms. The molecular weight excluding hydrogens is 697 g/mol. The summed E-state index contributed by atoms with van der Waals surface area (Å²) in [6, 6.07) is 0. The Kier molecular flexibility index (Phi) is 12.3. The number of ether oxygens (including phenoxy) is 3. The number of rotatable bonds is 11. The molecule has 17 atom stereocenters. The van der Waals surface area contributed by atoms with E-state index in [1.54, 1.807) is 13.8 Å². The molecule has 306 valence electrons. The summed E-state index contributed by atoms with van der Waals surface area (Å²) < 4.78 is 18.9. The van der Waals surface area contributed by atoms with Crippen LogP contribution in [0.3, 0.4) is 0 Å². The molecule has 10 nitrogen and oxygen atoms in total. The molecule has 0 radical (unpaired) electrons. The topological polar surface area (TPSA) is 169 Å². The van der Waals surface area contributed by atoms with Gasteiger partial charge in [0.25, 0.3) is 0 Å². The van der Waals surface area contributed by atoms with Gasteiger partial charge in [-0.15, -0.1) is 11.8 Å². The quantitative estimate of drug-likeness (QED) is 0.143. The fourth-order valence-electron chi connectivity index (χ4n) is 12.6.